The highest BCUT2D eigenvalue weighted by Crippen LogP contribution is 2.17. The predicted octanol–water partition coefficient (Wildman–Crippen LogP) is 4.86. The van der Waals surface area contributed by atoms with E-state index in [-0.39, 0.29) is 30.3 Å². The van der Waals surface area contributed by atoms with Gasteiger partial charge in [0.25, 0.3) is 0 Å². The number of rotatable bonds is 8. The maximum Gasteiger partial charge on any atom is 0.249 e. The molecule has 210 valence electrons. The zero-order valence-corrected chi connectivity index (χ0v) is 24.6. The number of carbonyl (C=O) groups excluding carboxylic acids is 3. The first-order valence-electron chi connectivity index (χ1n) is 14.2. The lowest BCUT2D eigenvalue weighted by Gasteiger charge is -2.30. The summed E-state index contributed by atoms with van der Waals surface area (Å²) >= 11 is 0. The Labute approximate surface area is 222 Å². The van der Waals surface area contributed by atoms with E-state index in [1.165, 1.54) is 51.6 Å². The van der Waals surface area contributed by atoms with Crippen molar-refractivity contribution in [3.63, 3.8) is 0 Å². The number of carbonyl (C=O) groups is 3. The molecule has 0 aromatic carbocycles. The van der Waals surface area contributed by atoms with E-state index in [4.69, 9.17) is 0 Å². The smallest absolute Gasteiger partial charge is 0.249 e. The van der Waals surface area contributed by atoms with Crippen molar-refractivity contribution in [3.8, 4) is 0 Å². The van der Waals surface area contributed by atoms with Gasteiger partial charge in [0.2, 0.25) is 18.2 Å². The van der Waals surface area contributed by atoms with E-state index >= 15 is 0 Å². The maximum absolute atomic E-state index is 12.7. The molecule has 2 heterocycles. The molecule has 7 nitrogen and oxygen atoms in total. The van der Waals surface area contributed by atoms with E-state index in [0.29, 0.717) is 12.0 Å². The molecular formula is C29H56N4O3. The van der Waals surface area contributed by atoms with Crippen molar-refractivity contribution in [2.24, 2.45) is 5.92 Å². The van der Waals surface area contributed by atoms with Crippen molar-refractivity contribution in [2.45, 2.75) is 112 Å². The molecule has 0 aromatic rings. The topological polar surface area (TPSA) is 73.0 Å². The monoisotopic (exact) mass is 508 g/mol. The lowest BCUT2D eigenvalue weighted by Crippen LogP contribution is -2.44. The van der Waals surface area contributed by atoms with Crippen LogP contribution in [0.2, 0.25) is 0 Å². The Balaban J connectivity index is 0.000000838. The summed E-state index contributed by atoms with van der Waals surface area (Å²) in [6, 6.07) is 0.590. The number of hydrogen-bond donors (Lipinski definition) is 1. The van der Waals surface area contributed by atoms with Crippen molar-refractivity contribution in [1.82, 2.24) is 20.0 Å². The highest BCUT2D eigenvalue weighted by Gasteiger charge is 2.24. The number of piperidine rings is 1. The molecule has 7 heteroatoms. The van der Waals surface area contributed by atoms with Gasteiger partial charge in [-0.3, -0.25) is 14.4 Å². The van der Waals surface area contributed by atoms with Crippen LogP contribution < -0.4 is 5.32 Å². The van der Waals surface area contributed by atoms with Gasteiger partial charge in [0, 0.05) is 31.8 Å². The third kappa shape index (κ3) is 14.0. The fraction of sp³-hybridized carbons (Fsp3) is 0.828. The summed E-state index contributed by atoms with van der Waals surface area (Å²) in [5, 5.41) is 2.39. The quantitative estimate of drug-likeness (QED) is 0.375. The highest BCUT2D eigenvalue weighted by molar-refractivity contribution is 5.93. The minimum atomic E-state index is -0.179. The zero-order chi connectivity index (χ0) is 27.5. The third-order valence-electron chi connectivity index (χ3n) is 6.63. The van der Waals surface area contributed by atoms with Crippen LogP contribution in [0, 0.1) is 5.92 Å². The van der Waals surface area contributed by atoms with Crippen LogP contribution in [0.1, 0.15) is 99.8 Å². The first kappa shape index (κ1) is 34.1. The molecule has 0 bridgehead atoms. The van der Waals surface area contributed by atoms with Gasteiger partial charge in [0.15, 0.2) is 0 Å². The van der Waals surface area contributed by atoms with Gasteiger partial charge in [0.05, 0.1) is 12.6 Å². The predicted molar refractivity (Wildman–Crippen MR) is 151 cm³/mol. The maximum atomic E-state index is 12.7. The second kappa shape index (κ2) is 20.2. The molecule has 2 saturated heterocycles. The third-order valence-corrected chi connectivity index (χ3v) is 6.63. The van der Waals surface area contributed by atoms with Crippen molar-refractivity contribution in [1.29, 1.82) is 0 Å². The second-order valence-corrected chi connectivity index (χ2v) is 10.7. The van der Waals surface area contributed by atoms with Crippen LogP contribution in [-0.4, -0.2) is 84.8 Å². The highest BCUT2D eigenvalue weighted by atomic mass is 16.2. The Bertz CT molecular complexity index is 634. The molecular weight excluding hydrogens is 452 g/mol. The van der Waals surface area contributed by atoms with E-state index in [1.54, 1.807) is 11.9 Å². The Morgan fingerprint density at radius 1 is 0.889 bits per heavy atom. The van der Waals surface area contributed by atoms with Gasteiger partial charge in [0.1, 0.15) is 0 Å². The van der Waals surface area contributed by atoms with E-state index in [9.17, 15) is 14.4 Å². The number of hydrogen-bond acceptors (Lipinski definition) is 4. The first-order valence-corrected chi connectivity index (χ1v) is 14.2. The largest absolute Gasteiger partial charge is 0.350 e. The molecule has 0 radical (unpaired) electrons. The Morgan fingerprint density at radius 3 is 1.78 bits per heavy atom. The summed E-state index contributed by atoms with van der Waals surface area (Å²) in [6.45, 7) is 18.9. The first-order chi connectivity index (χ1) is 17.1. The van der Waals surface area contributed by atoms with E-state index in [1.807, 2.05) is 31.7 Å². The summed E-state index contributed by atoms with van der Waals surface area (Å²) in [4.78, 5) is 41.2. The summed E-state index contributed by atoms with van der Waals surface area (Å²) < 4.78 is 0. The van der Waals surface area contributed by atoms with E-state index < -0.39 is 0 Å². The van der Waals surface area contributed by atoms with Crippen molar-refractivity contribution in [3.05, 3.63) is 11.6 Å². The normalized spacial score (nSPS) is 17.7. The fourth-order valence-electron chi connectivity index (χ4n) is 4.46. The molecule has 1 atom stereocenters. The van der Waals surface area contributed by atoms with Crippen LogP contribution in [-0.2, 0) is 14.4 Å². The van der Waals surface area contributed by atoms with E-state index in [2.05, 4.69) is 37.9 Å². The summed E-state index contributed by atoms with van der Waals surface area (Å²) in [5.41, 5.74) is 0.679. The minimum Gasteiger partial charge on any atom is -0.350 e. The van der Waals surface area contributed by atoms with Crippen LogP contribution >= 0.6 is 0 Å². The SMILES string of the molecule is C/C(=C\[C@H](C(C)C)N(C)C(=O)CNC=O)C(=O)N1CCCCCC1.CC(C)N1CCCCC1.CCC. The minimum absolute atomic E-state index is 0.0316. The lowest BCUT2D eigenvalue weighted by molar-refractivity contribution is -0.132. The number of nitrogens with zero attached hydrogens (tertiary/aromatic N) is 3. The lowest BCUT2D eigenvalue weighted by atomic mass is 9.99. The average molecular weight is 509 g/mol. The van der Waals surface area contributed by atoms with Crippen LogP contribution in [0.15, 0.2) is 11.6 Å². The van der Waals surface area contributed by atoms with Crippen LogP contribution in [0.25, 0.3) is 0 Å². The number of amides is 3. The summed E-state index contributed by atoms with van der Waals surface area (Å²) in [7, 11) is 1.71. The Hall–Kier alpha value is -1.89. The Kier molecular flexibility index (Phi) is 19.1. The number of likely N-dealkylation sites (N-methyl/N-ethyl adjacent to an activating group) is 1. The molecule has 1 N–H and O–H groups in total. The Morgan fingerprint density at radius 2 is 1.36 bits per heavy atom. The van der Waals surface area contributed by atoms with Gasteiger partial charge in [-0.2, -0.15) is 0 Å². The van der Waals surface area contributed by atoms with Gasteiger partial charge in [-0.15, -0.1) is 0 Å². The fourth-order valence-corrected chi connectivity index (χ4v) is 4.46. The molecule has 3 amide bonds. The molecule has 2 rings (SSSR count). The molecule has 0 spiro atoms. The van der Waals surface area contributed by atoms with Crippen molar-refractivity contribution < 1.29 is 14.4 Å². The molecule has 0 unspecified atom stereocenters. The van der Waals surface area contributed by atoms with Gasteiger partial charge in [-0.1, -0.05) is 59.5 Å². The number of likely N-dealkylation sites (tertiary alicyclic amines) is 2. The number of nitrogens with one attached hydrogen (secondary N) is 1. The van der Waals surface area contributed by atoms with Gasteiger partial charge in [-0.25, -0.2) is 0 Å². The molecule has 2 aliphatic rings. The molecule has 2 fully saturated rings. The van der Waals surface area contributed by atoms with Crippen LogP contribution in [0.3, 0.4) is 0 Å². The molecule has 0 aliphatic carbocycles. The van der Waals surface area contributed by atoms with E-state index in [0.717, 1.165) is 32.0 Å². The van der Waals surface area contributed by atoms with Crippen LogP contribution in [0.4, 0.5) is 0 Å². The average Bonchev–Trinajstić information content (AvgIpc) is 3.15. The van der Waals surface area contributed by atoms with Gasteiger partial charge < -0.3 is 20.0 Å². The van der Waals surface area contributed by atoms with Crippen molar-refractivity contribution in [2.75, 3.05) is 39.8 Å². The molecule has 0 aromatic heterocycles. The zero-order valence-electron chi connectivity index (χ0n) is 24.6. The second-order valence-electron chi connectivity index (χ2n) is 10.7. The molecule has 2 aliphatic heterocycles. The molecule has 36 heavy (non-hydrogen) atoms. The van der Waals surface area contributed by atoms with Gasteiger partial charge in [-0.05, 0) is 65.5 Å². The summed E-state index contributed by atoms with van der Waals surface area (Å²) in [5.74, 6) is 0.0588. The van der Waals surface area contributed by atoms with Gasteiger partial charge >= 0.3 is 0 Å². The standard InChI is InChI=1S/C18H31N3O3.C8H17N.C3H8/c1-14(2)16(20(4)17(23)12-19-13-22)11-15(3)18(24)21-9-7-5-6-8-10-21;1-8(2)9-6-4-3-5-7-9;1-3-2/h11,13-14,16H,5-10,12H2,1-4H3,(H,19,22);8H,3-7H2,1-2H3;3H2,1-2H3/b15-11+;;/t16-;;/m1../s1. The summed E-state index contributed by atoms with van der Waals surface area (Å²) in [6.07, 6.45) is 12.4. The van der Waals surface area contributed by atoms with Crippen molar-refractivity contribution >= 4 is 18.2 Å². The molecule has 0 saturated carbocycles. The van der Waals surface area contributed by atoms with Crippen LogP contribution in [0.5, 0.6) is 0 Å².